The van der Waals surface area contributed by atoms with E-state index in [1.54, 1.807) is 36.7 Å². The van der Waals surface area contributed by atoms with Crippen molar-refractivity contribution in [1.82, 2.24) is 10.3 Å². The van der Waals surface area contributed by atoms with Crippen molar-refractivity contribution in [2.75, 3.05) is 16.1 Å². The van der Waals surface area contributed by atoms with E-state index in [2.05, 4.69) is 21.6 Å². The molecule has 0 aliphatic carbocycles. The zero-order valence-corrected chi connectivity index (χ0v) is 19.9. The van der Waals surface area contributed by atoms with Gasteiger partial charge in [0.2, 0.25) is 0 Å². The number of benzene rings is 2. The summed E-state index contributed by atoms with van der Waals surface area (Å²) in [6, 6.07) is 14.3. The van der Waals surface area contributed by atoms with Gasteiger partial charge >= 0.3 is 12.2 Å². The molecule has 0 bridgehead atoms. The molecule has 3 rings (SSSR count). The standard InChI is InChI=1S/C24H20F4IN3O2/c1-16(34-14-24(26,27)28)17-7-8-20(22(25)11-17)13-32(23(33)31-15-29)21-6-2-4-18(10-21)19-5-3-9-30-12-19/h2-12H,1,13-15H2,(H,31,33). The van der Waals surface area contributed by atoms with Gasteiger partial charge in [-0.2, -0.15) is 13.2 Å². The van der Waals surface area contributed by atoms with Crippen LogP contribution in [0.1, 0.15) is 11.1 Å². The summed E-state index contributed by atoms with van der Waals surface area (Å²) in [6.07, 6.45) is -1.18. The van der Waals surface area contributed by atoms with Crippen molar-refractivity contribution in [1.29, 1.82) is 0 Å². The van der Waals surface area contributed by atoms with Gasteiger partial charge < -0.3 is 10.1 Å². The highest BCUT2D eigenvalue weighted by atomic mass is 127. The molecule has 0 saturated heterocycles. The molecule has 0 saturated carbocycles. The number of aromatic nitrogens is 1. The number of rotatable bonds is 8. The monoisotopic (exact) mass is 585 g/mol. The molecule has 3 aromatic rings. The third-order valence-electron chi connectivity index (χ3n) is 4.73. The maximum absolute atomic E-state index is 14.9. The van der Waals surface area contributed by atoms with Crippen LogP contribution in [0.25, 0.3) is 16.9 Å². The Morgan fingerprint density at radius 1 is 1.12 bits per heavy atom. The van der Waals surface area contributed by atoms with E-state index in [9.17, 15) is 22.4 Å². The molecular weight excluding hydrogens is 565 g/mol. The Kier molecular flexibility index (Phi) is 8.48. The maximum atomic E-state index is 14.9. The van der Waals surface area contributed by atoms with Crippen LogP contribution in [0, 0.1) is 5.82 Å². The molecule has 1 aromatic heterocycles. The fourth-order valence-corrected chi connectivity index (χ4v) is 3.42. The number of anilines is 1. The zero-order chi connectivity index (χ0) is 24.7. The minimum Gasteiger partial charge on any atom is -0.484 e. The molecule has 0 aliphatic rings. The molecule has 0 unspecified atom stereocenters. The van der Waals surface area contributed by atoms with Crippen LogP contribution in [0.3, 0.4) is 0 Å². The summed E-state index contributed by atoms with van der Waals surface area (Å²) in [7, 11) is 0. The smallest absolute Gasteiger partial charge is 0.422 e. The first kappa shape index (κ1) is 25.5. The third-order valence-corrected chi connectivity index (χ3v) is 5.11. The summed E-state index contributed by atoms with van der Waals surface area (Å²) < 4.78 is 56.9. The van der Waals surface area contributed by atoms with Gasteiger partial charge in [0, 0.05) is 34.8 Å². The van der Waals surface area contributed by atoms with Crippen LogP contribution < -0.4 is 10.2 Å². The Hall–Kier alpha value is -3.15. The molecule has 1 N–H and O–H groups in total. The van der Waals surface area contributed by atoms with Gasteiger partial charge in [0.1, 0.15) is 11.6 Å². The minimum atomic E-state index is -4.53. The lowest BCUT2D eigenvalue weighted by atomic mass is 10.1. The van der Waals surface area contributed by atoms with Crippen LogP contribution >= 0.6 is 22.6 Å². The van der Waals surface area contributed by atoms with Gasteiger partial charge in [0.15, 0.2) is 6.61 Å². The molecule has 0 spiro atoms. The van der Waals surface area contributed by atoms with Crippen LogP contribution in [0.15, 0.2) is 73.6 Å². The third kappa shape index (κ3) is 6.92. The Labute approximate surface area is 207 Å². The first-order chi connectivity index (χ1) is 16.2. The van der Waals surface area contributed by atoms with Crippen LogP contribution in [-0.4, -0.2) is 28.3 Å². The lowest BCUT2D eigenvalue weighted by Crippen LogP contribution is -2.39. The van der Waals surface area contributed by atoms with Gasteiger partial charge in [-0.1, -0.05) is 59.5 Å². The number of hydrogen-bond acceptors (Lipinski definition) is 3. The van der Waals surface area contributed by atoms with Crippen molar-refractivity contribution in [2.24, 2.45) is 0 Å². The number of carbonyl (C=O) groups excluding carboxylic acids is 1. The maximum Gasteiger partial charge on any atom is 0.422 e. The van der Waals surface area contributed by atoms with Crippen molar-refractivity contribution in [2.45, 2.75) is 12.7 Å². The number of nitrogens with zero attached hydrogens (tertiary/aromatic N) is 2. The highest BCUT2D eigenvalue weighted by molar-refractivity contribution is 14.1. The van der Waals surface area contributed by atoms with Gasteiger partial charge in [-0.3, -0.25) is 9.88 Å². The second kappa shape index (κ2) is 11.3. The predicted molar refractivity (Wildman–Crippen MR) is 131 cm³/mol. The molecule has 34 heavy (non-hydrogen) atoms. The van der Waals surface area contributed by atoms with Gasteiger partial charge in [-0.05, 0) is 29.8 Å². The minimum absolute atomic E-state index is 0.0762. The second-order valence-electron chi connectivity index (χ2n) is 7.13. The molecule has 2 amide bonds. The largest absolute Gasteiger partial charge is 0.484 e. The normalized spacial score (nSPS) is 11.1. The van der Waals surface area contributed by atoms with E-state index in [1.807, 2.05) is 34.7 Å². The number of urea groups is 1. The SMILES string of the molecule is C=C(OCC(F)(F)F)c1ccc(CN(C(=O)NCI)c2cccc(-c3cccnc3)c2)c(F)c1. The van der Waals surface area contributed by atoms with E-state index >= 15 is 0 Å². The molecule has 0 radical (unpaired) electrons. The molecule has 5 nitrogen and oxygen atoms in total. The summed E-state index contributed by atoms with van der Waals surface area (Å²) in [4.78, 5) is 18.3. The molecule has 0 fully saturated rings. The number of hydrogen-bond donors (Lipinski definition) is 1. The fourth-order valence-electron chi connectivity index (χ4n) is 3.09. The number of nitrogens with one attached hydrogen (secondary N) is 1. The quantitative estimate of drug-likeness (QED) is 0.107. The molecule has 0 aliphatic heterocycles. The van der Waals surface area contributed by atoms with Crippen molar-refractivity contribution >= 4 is 40.1 Å². The van der Waals surface area contributed by atoms with Gasteiger partial charge in [0.25, 0.3) is 0 Å². The number of ether oxygens (including phenoxy) is 1. The summed E-state index contributed by atoms with van der Waals surface area (Å²) >= 11 is 1.99. The number of pyridine rings is 1. The number of carbonyl (C=O) groups is 1. The molecular formula is C24H20F4IN3O2. The highest BCUT2D eigenvalue weighted by Gasteiger charge is 2.29. The summed E-state index contributed by atoms with van der Waals surface area (Å²) in [5.41, 5.74) is 2.46. The summed E-state index contributed by atoms with van der Waals surface area (Å²) in [5, 5.41) is 2.70. The van der Waals surface area contributed by atoms with Crippen molar-refractivity contribution < 1.29 is 27.1 Å². The average molecular weight is 585 g/mol. The summed E-state index contributed by atoms with van der Waals surface area (Å²) in [5.74, 6) is -1.00. The Balaban J connectivity index is 1.86. The van der Waals surface area contributed by atoms with Crippen LogP contribution in [0.2, 0.25) is 0 Å². The lowest BCUT2D eigenvalue weighted by molar-refractivity contribution is -0.158. The van der Waals surface area contributed by atoms with Crippen molar-refractivity contribution in [3.63, 3.8) is 0 Å². The number of alkyl halides is 4. The Morgan fingerprint density at radius 2 is 1.88 bits per heavy atom. The number of amides is 2. The molecule has 178 valence electrons. The van der Waals surface area contributed by atoms with Gasteiger partial charge in [-0.25, -0.2) is 9.18 Å². The van der Waals surface area contributed by atoms with E-state index < -0.39 is 24.6 Å². The zero-order valence-electron chi connectivity index (χ0n) is 17.8. The average Bonchev–Trinajstić information content (AvgIpc) is 2.82. The van der Waals surface area contributed by atoms with E-state index in [0.29, 0.717) is 10.2 Å². The van der Waals surface area contributed by atoms with Gasteiger partial charge in [-0.15, -0.1) is 0 Å². The van der Waals surface area contributed by atoms with Gasteiger partial charge in [0.05, 0.1) is 11.1 Å². The van der Waals surface area contributed by atoms with E-state index in [4.69, 9.17) is 0 Å². The number of halogens is 5. The van der Waals surface area contributed by atoms with E-state index in [-0.39, 0.29) is 23.4 Å². The van der Waals surface area contributed by atoms with Crippen LogP contribution in [0.5, 0.6) is 0 Å². The topological polar surface area (TPSA) is 54.5 Å². The Morgan fingerprint density at radius 3 is 2.53 bits per heavy atom. The predicted octanol–water partition coefficient (Wildman–Crippen LogP) is 6.55. The van der Waals surface area contributed by atoms with E-state index in [0.717, 1.165) is 17.2 Å². The van der Waals surface area contributed by atoms with Crippen molar-refractivity contribution in [3.8, 4) is 11.1 Å². The van der Waals surface area contributed by atoms with Crippen LogP contribution in [0.4, 0.5) is 28.0 Å². The molecule has 1 heterocycles. The fraction of sp³-hybridized carbons (Fsp3) is 0.167. The van der Waals surface area contributed by atoms with E-state index in [1.165, 1.54) is 17.0 Å². The Bertz CT molecular complexity index is 1160. The second-order valence-corrected chi connectivity index (χ2v) is 7.89. The molecule has 2 aromatic carbocycles. The molecule has 0 atom stereocenters. The summed E-state index contributed by atoms with van der Waals surface area (Å²) in [6.45, 7) is 1.80. The lowest BCUT2D eigenvalue weighted by Gasteiger charge is -2.24. The highest BCUT2D eigenvalue weighted by Crippen LogP contribution is 2.27. The van der Waals surface area contributed by atoms with Crippen molar-refractivity contribution in [3.05, 3.63) is 90.5 Å². The van der Waals surface area contributed by atoms with Crippen LogP contribution in [-0.2, 0) is 11.3 Å². The first-order valence-electron chi connectivity index (χ1n) is 9.97. The molecule has 10 heteroatoms. The first-order valence-corrected chi connectivity index (χ1v) is 11.5.